The minimum Gasteiger partial charge on any atom is -0.481 e. The Bertz CT molecular complexity index is 639. The van der Waals surface area contributed by atoms with Crippen molar-refractivity contribution in [3.63, 3.8) is 0 Å². The number of benzene rings is 1. The molecular formula is C16H17N3O2. The van der Waals surface area contributed by atoms with Gasteiger partial charge < -0.3 is 10.1 Å². The molecule has 0 saturated carbocycles. The van der Waals surface area contributed by atoms with Crippen LogP contribution in [0, 0.1) is 18.8 Å². The number of nitrogens with one attached hydrogen (secondary N) is 1. The van der Waals surface area contributed by atoms with Gasteiger partial charge in [-0.25, -0.2) is 0 Å². The number of amides is 1. The maximum atomic E-state index is 11.5. The van der Waals surface area contributed by atoms with Crippen LogP contribution in [0.1, 0.15) is 5.56 Å². The van der Waals surface area contributed by atoms with Crippen molar-refractivity contribution in [1.29, 1.82) is 0 Å². The second-order valence-corrected chi connectivity index (χ2v) is 4.39. The summed E-state index contributed by atoms with van der Waals surface area (Å²) in [6.07, 6.45) is 3.37. The molecule has 0 aliphatic rings. The molecule has 2 aromatic rings. The second kappa shape index (κ2) is 7.75. The third-order valence-electron chi connectivity index (χ3n) is 2.76. The van der Waals surface area contributed by atoms with Crippen molar-refractivity contribution in [3.05, 3.63) is 48.3 Å². The minimum atomic E-state index is -0.118. The quantitative estimate of drug-likeness (QED) is 0.844. The monoisotopic (exact) mass is 283 g/mol. The SMILES string of the molecule is Cc1ccccc1OCC#CCNC(=O)Cn1cccn1. The van der Waals surface area contributed by atoms with E-state index in [1.807, 2.05) is 31.2 Å². The van der Waals surface area contributed by atoms with Crippen LogP contribution in [0.2, 0.25) is 0 Å². The maximum absolute atomic E-state index is 11.5. The number of hydrogen-bond acceptors (Lipinski definition) is 3. The van der Waals surface area contributed by atoms with Gasteiger partial charge in [-0.2, -0.15) is 5.10 Å². The smallest absolute Gasteiger partial charge is 0.242 e. The van der Waals surface area contributed by atoms with Crippen molar-refractivity contribution in [3.8, 4) is 17.6 Å². The van der Waals surface area contributed by atoms with Crippen LogP contribution in [-0.4, -0.2) is 28.8 Å². The first-order valence-electron chi connectivity index (χ1n) is 6.64. The molecular weight excluding hydrogens is 266 g/mol. The van der Waals surface area contributed by atoms with Crippen molar-refractivity contribution >= 4 is 5.91 Å². The van der Waals surface area contributed by atoms with Crippen LogP contribution in [-0.2, 0) is 11.3 Å². The zero-order valence-electron chi connectivity index (χ0n) is 11.9. The van der Waals surface area contributed by atoms with Crippen molar-refractivity contribution in [2.24, 2.45) is 0 Å². The Morgan fingerprint density at radius 3 is 2.95 bits per heavy atom. The largest absolute Gasteiger partial charge is 0.481 e. The zero-order valence-corrected chi connectivity index (χ0v) is 11.9. The molecule has 0 fully saturated rings. The van der Waals surface area contributed by atoms with Crippen molar-refractivity contribution in [1.82, 2.24) is 15.1 Å². The van der Waals surface area contributed by atoms with Crippen molar-refractivity contribution < 1.29 is 9.53 Å². The highest BCUT2D eigenvalue weighted by atomic mass is 16.5. The fourth-order valence-electron chi connectivity index (χ4n) is 1.69. The number of ether oxygens (including phenoxy) is 1. The van der Waals surface area contributed by atoms with E-state index >= 15 is 0 Å². The number of aromatic nitrogens is 2. The molecule has 0 unspecified atom stereocenters. The molecule has 21 heavy (non-hydrogen) atoms. The number of carbonyl (C=O) groups is 1. The van der Waals surface area contributed by atoms with E-state index in [1.54, 1.807) is 23.1 Å². The van der Waals surface area contributed by atoms with Crippen LogP contribution in [0.4, 0.5) is 0 Å². The molecule has 2 rings (SSSR count). The maximum Gasteiger partial charge on any atom is 0.242 e. The molecule has 5 nitrogen and oxygen atoms in total. The molecule has 1 amide bonds. The van der Waals surface area contributed by atoms with Gasteiger partial charge in [0.05, 0.1) is 6.54 Å². The topological polar surface area (TPSA) is 56.1 Å². The van der Waals surface area contributed by atoms with Crippen LogP contribution >= 0.6 is 0 Å². The molecule has 5 heteroatoms. The number of hydrogen-bond donors (Lipinski definition) is 1. The van der Waals surface area contributed by atoms with E-state index in [0.717, 1.165) is 11.3 Å². The summed E-state index contributed by atoms with van der Waals surface area (Å²) < 4.78 is 7.09. The third-order valence-corrected chi connectivity index (χ3v) is 2.76. The van der Waals surface area contributed by atoms with E-state index in [9.17, 15) is 4.79 Å². The van der Waals surface area contributed by atoms with Crippen LogP contribution in [0.3, 0.4) is 0 Å². The fourth-order valence-corrected chi connectivity index (χ4v) is 1.69. The van der Waals surface area contributed by atoms with E-state index < -0.39 is 0 Å². The molecule has 0 spiro atoms. The third kappa shape index (κ3) is 5.03. The van der Waals surface area contributed by atoms with E-state index in [2.05, 4.69) is 22.3 Å². The fraction of sp³-hybridized carbons (Fsp3) is 0.250. The van der Waals surface area contributed by atoms with Gasteiger partial charge in [-0.15, -0.1) is 0 Å². The zero-order chi connectivity index (χ0) is 14.9. The highest BCUT2D eigenvalue weighted by Crippen LogP contribution is 2.15. The molecule has 0 saturated heterocycles. The summed E-state index contributed by atoms with van der Waals surface area (Å²) in [4.78, 5) is 11.5. The minimum absolute atomic E-state index is 0.118. The molecule has 0 atom stereocenters. The highest BCUT2D eigenvalue weighted by molar-refractivity contribution is 5.75. The van der Waals surface area contributed by atoms with Crippen molar-refractivity contribution in [2.75, 3.05) is 13.2 Å². The number of aryl methyl sites for hydroxylation is 1. The number of nitrogens with zero attached hydrogens (tertiary/aromatic N) is 2. The van der Waals surface area contributed by atoms with Crippen LogP contribution in [0.5, 0.6) is 5.75 Å². The summed E-state index contributed by atoms with van der Waals surface area (Å²) in [7, 11) is 0. The summed E-state index contributed by atoms with van der Waals surface area (Å²) in [6.45, 7) is 2.80. The van der Waals surface area contributed by atoms with Gasteiger partial charge in [0.2, 0.25) is 5.91 Å². The molecule has 1 N–H and O–H groups in total. The van der Waals surface area contributed by atoms with E-state index in [0.29, 0.717) is 13.2 Å². The first kappa shape index (κ1) is 14.7. The Kier molecular flexibility index (Phi) is 5.41. The van der Waals surface area contributed by atoms with Gasteiger partial charge in [-0.05, 0) is 24.6 Å². The molecule has 1 heterocycles. The predicted octanol–water partition coefficient (Wildman–Crippen LogP) is 1.39. The molecule has 0 bridgehead atoms. The van der Waals surface area contributed by atoms with Gasteiger partial charge in [0.25, 0.3) is 0 Å². The standard InChI is InChI=1S/C16H17N3O2/c1-14-7-2-3-8-15(14)21-12-5-4-9-17-16(20)13-19-11-6-10-18-19/h2-3,6-8,10-11H,9,12-13H2,1H3,(H,17,20). The number of rotatable bonds is 5. The average molecular weight is 283 g/mol. The first-order valence-corrected chi connectivity index (χ1v) is 6.64. The molecule has 0 radical (unpaired) electrons. The van der Waals surface area contributed by atoms with Crippen molar-refractivity contribution in [2.45, 2.75) is 13.5 Å². The summed E-state index contributed by atoms with van der Waals surface area (Å²) in [5.74, 6) is 6.43. The lowest BCUT2D eigenvalue weighted by molar-refractivity contribution is -0.121. The molecule has 1 aromatic heterocycles. The molecule has 0 aliphatic carbocycles. The molecule has 0 aliphatic heterocycles. The Morgan fingerprint density at radius 1 is 1.33 bits per heavy atom. The second-order valence-electron chi connectivity index (χ2n) is 4.39. The van der Waals surface area contributed by atoms with Gasteiger partial charge >= 0.3 is 0 Å². The molecule has 1 aromatic carbocycles. The van der Waals surface area contributed by atoms with Gasteiger partial charge in [0.1, 0.15) is 18.9 Å². The predicted molar refractivity (Wildman–Crippen MR) is 79.7 cm³/mol. The van der Waals surface area contributed by atoms with Crippen LogP contribution < -0.4 is 10.1 Å². The number of carbonyl (C=O) groups excluding carboxylic acids is 1. The van der Waals surface area contributed by atoms with Crippen LogP contribution in [0.15, 0.2) is 42.7 Å². The normalized spacial score (nSPS) is 9.57. The summed E-state index contributed by atoms with van der Waals surface area (Å²) in [5, 5.41) is 6.66. The molecule has 108 valence electrons. The van der Waals surface area contributed by atoms with Gasteiger partial charge in [0.15, 0.2) is 0 Å². The summed E-state index contributed by atoms with van der Waals surface area (Å²) >= 11 is 0. The lowest BCUT2D eigenvalue weighted by Crippen LogP contribution is -2.28. The first-order chi connectivity index (χ1) is 10.3. The Morgan fingerprint density at radius 2 is 2.19 bits per heavy atom. The summed E-state index contributed by atoms with van der Waals surface area (Å²) in [6, 6.07) is 9.55. The highest BCUT2D eigenvalue weighted by Gasteiger charge is 2.00. The van der Waals surface area contributed by atoms with E-state index in [-0.39, 0.29) is 12.5 Å². The Balaban J connectivity index is 1.65. The van der Waals surface area contributed by atoms with E-state index in [4.69, 9.17) is 4.74 Å². The van der Waals surface area contributed by atoms with E-state index in [1.165, 1.54) is 0 Å². The van der Waals surface area contributed by atoms with Gasteiger partial charge in [-0.3, -0.25) is 9.48 Å². The van der Waals surface area contributed by atoms with Gasteiger partial charge in [-0.1, -0.05) is 30.0 Å². The lowest BCUT2D eigenvalue weighted by Gasteiger charge is -2.04. The average Bonchev–Trinajstić information content (AvgIpc) is 2.97. The number of para-hydroxylation sites is 1. The lowest BCUT2D eigenvalue weighted by atomic mass is 10.2. The summed E-state index contributed by atoms with van der Waals surface area (Å²) in [5.41, 5.74) is 1.08. The Hall–Kier alpha value is -2.74. The van der Waals surface area contributed by atoms with Gasteiger partial charge in [0, 0.05) is 12.4 Å². The Labute approximate surface area is 123 Å². The van der Waals surface area contributed by atoms with Crippen LogP contribution in [0.25, 0.3) is 0 Å².